The SMILES string of the molecule is CS(=O)(=O)CS(=O)(=O)NC1(CN)CC1. The van der Waals surface area contributed by atoms with Crippen molar-refractivity contribution in [1.29, 1.82) is 0 Å². The third kappa shape index (κ3) is 3.52. The Kier molecular flexibility index (Phi) is 2.92. The largest absolute Gasteiger partial charge is 0.329 e. The molecule has 84 valence electrons. The Morgan fingerprint density at radius 2 is 1.79 bits per heavy atom. The Hall–Kier alpha value is -0.180. The summed E-state index contributed by atoms with van der Waals surface area (Å²) in [4.78, 5) is 0. The fourth-order valence-electron chi connectivity index (χ4n) is 1.14. The van der Waals surface area contributed by atoms with Gasteiger partial charge in [0.05, 0.1) is 0 Å². The Balaban J connectivity index is 2.69. The molecule has 0 bridgehead atoms. The zero-order valence-corrected chi connectivity index (χ0v) is 9.49. The van der Waals surface area contributed by atoms with Crippen molar-refractivity contribution < 1.29 is 16.8 Å². The molecule has 0 aliphatic heterocycles. The molecule has 8 heteroatoms. The van der Waals surface area contributed by atoms with E-state index in [9.17, 15) is 16.8 Å². The first-order valence-corrected chi connectivity index (χ1v) is 7.79. The molecular weight excluding hydrogens is 228 g/mol. The first-order chi connectivity index (χ1) is 6.18. The minimum absolute atomic E-state index is 0.204. The molecule has 0 aromatic heterocycles. The van der Waals surface area contributed by atoms with Gasteiger partial charge < -0.3 is 5.73 Å². The van der Waals surface area contributed by atoms with Crippen molar-refractivity contribution in [2.45, 2.75) is 18.4 Å². The molecule has 0 radical (unpaired) electrons. The minimum Gasteiger partial charge on any atom is -0.329 e. The van der Waals surface area contributed by atoms with E-state index in [2.05, 4.69) is 4.72 Å². The van der Waals surface area contributed by atoms with Crippen molar-refractivity contribution in [3.63, 3.8) is 0 Å². The number of sulfonamides is 1. The van der Waals surface area contributed by atoms with E-state index < -0.39 is 30.5 Å². The van der Waals surface area contributed by atoms with Crippen LogP contribution in [0.15, 0.2) is 0 Å². The summed E-state index contributed by atoms with van der Waals surface area (Å²) in [6.07, 6.45) is 2.23. The summed E-state index contributed by atoms with van der Waals surface area (Å²) in [5.41, 5.74) is 4.78. The fourth-order valence-corrected chi connectivity index (χ4v) is 4.58. The number of nitrogens with one attached hydrogen (secondary N) is 1. The molecule has 0 amide bonds. The number of hydrogen-bond acceptors (Lipinski definition) is 5. The fraction of sp³-hybridized carbons (Fsp3) is 1.00. The second-order valence-electron chi connectivity index (χ2n) is 3.74. The summed E-state index contributed by atoms with van der Waals surface area (Å²) in [5.74, 6) is 0. The highest BCUT2D eigenvalue weighted by atomic mass is 32.3. The summed E-state index contributed by atoms with van der Waals surface area (Å²) >= 11 is 0. The van der Waals surface area contributed by atoms with Gasteiger partial charge in [-0.2, -0.15) is 0 Å². The van der Waals surface area contributed by atoms with Gasteiger partial charge in [-0.25, -0.2) is 21.6 Å². The third-order valence-corrected chi connectivity index (χ3v) is 5.68. The summed E-state index contributed by atoms with van der Waals surface area (Å²) in [6, 6.07) is 0. The van der Waals surface area contributed by atoms with Gasteiger partial charge in [0, 0.05) is 18.3 Å². The summed E-state index contributed by atoms with van der Waals surface area (Å²) in [7, 11) is -7.29. The van der Waals surface area contributed by atoms with Gasteiger partial charge in [-0.05, 0) is 12.8 Å². The predicted octanol–water partition coefficient (Wildman–Crippen LogP) is -1.60. The first kappa shape index (κ1) is 11.9. The molecule has 1 aliphatic carbocycles. The second-order valence-corrected chi connectivity index (χ2v) is 7.97. The summed E-state index contributed by atoms with van der Waals surface area (Å²) < 4.78 is 46.5. The van der Waals surface area contributed by atoms with Gasteiger partial charge in [0.15, 0.2) is 14.9 Å². The molecule has 1 fully saturated rings. The van der Waals surface area contributed by atoms with Crippen LogP contribution < -0.4 is 10.5 Å². The number of nitrogens with two attached hydrogens (primary N) is 1. The molecule has 0 spiro atoms. The highest BCUT2D eigenvalue weighted by molar-refractivity contribution is 8.06. The molecule has 6 nitrogen and oxygen atoms in total. The maximum atomic E-state index is 11.3. The normalized spacial score (nSPS) is 20.7. The smallest absolute Gasteiger partial charge is 0.226 e. The van der Waals surface area contributed by atoms with Crippen LogP contribution in [0.25, 0.3) is 0 Å². The maximum absolute atomic E-state index is 11.3. The van der Waals surface area contributed by atoms with Crippen molar-refractivity contribution in [2.24, 2.45) is 5.73 Å². The third-order valence-electron chi connectivity index (χ3n) is 1.99. The lowest BCUT2D eigenvalue weighted by molar-refractivity contribution is 0.547. The molecular formula is C6H14N2O4S2. The molecule has 14 heavy (non-hydrogen) atoms. The molecule has 1 rings (SSSR count). The van der Waals surface area contributed by atoms with Gasteiger partial charge in [-0.15, -0.1) is 0 Å². The average Bonchev–Trinajstić information content (AvgIpc) is 2.62. The molecule has 0 saturated heterocycles. The van der Waals surface area contributed by atoms with Gasteiger partial charge in [-0.3, -0.25) is 0 Å². The van der Waals surface area contributed by atoms with Crippen LogP contribution in [0.5, 0.6) is 0 Å². The molecule has 0 aromatic rings. The Morgan fingerprint density at radius 3 is 2.07 bits per heavy atom. The number of rotatable bonds is 5. The van der Waals surface area contributed by atoms with Gasteiger partial charge >= 0.3 is 0 Å². The van der Waals surface area contributed by atoms with Crippen LogP contribution in [0.2, 0.25) is 0 Å². The van der Waals surface area contributed by atoms with E-state index in [1.807, 2.05) is 0 Å². The lowest BCUT2D eigenvalue weighted by atomic mass is 10.3. The minimum atomic E-state index is -3.76. The highest BCUT2D eigenvalue weighted by Gasteiger charge is 2.44. The lowest BCUT2D eigenvalue weighted by Crippen LogP contribution is -2.44. The predicted molar refractivity (Wildman–Crippen MR) is 52.8 cm³/mol. The van der Waals surface area contributed by atoms with Crippen LogP contribution >= 0.6 is 0 Å². The highest BCUT2D eigenvalue weighted by Crippen LogP contribution is 2.34. The van der Waals surface area contributed by atoms with Crippen molar-refractivity contribution >= 4 is 19.9 Å². The van der Waals surface area contributed by atoms with Crippen LogP contribution in [-0.2, 0) is 19.9 Å². The quantitative estimate of drug-likeness (QED) is 0.604. The van der Waals surface area contributed by atoms with Crippen LogP contribution in [-0.4, -0.2) is 40.3 Å². The number of sulfone groups is 1. The molecule has 0 atom stereocenters. The first-order valence-electron chi connectivity index (χ1n) is 4.08. The van der Waals surface area contributed by atoms with Crippen molar-refractivity contribution in [2.75, 3.05) is 17.9 Å². The van der Waals surface area contributed by atoms with Crippen LogP contribution in [0.1, 0.15) is 12.8 Å². The summed E-state index contributed by atoms with van der Waals surface area (Å²) in [6.45, 7) is 0.204. The van der Waals surface area contributed by atoms with E-state index in [0.29, 0.717) is 12.8 Å². The van der Waals surface area contributed by atoms with Gasteiger partial charge in [0.2, 0.25) is 10.0 Å². The van der Waals surface area contributed by atoms with Crippen molar-refractivity contribution in [3.05, 3.63) is 0 Å². The molecule has 1 saturated carbocycles. The van der Waals surface area contributed by atoms with E-state index >= 15 is 0 Å². The van der Waals surface area contributed by atoms with Crippen LogP contribution in [0, 0.1) is 0 Å². The van der Waals surface area contributed by atoms with Crippen molar-refractivity contribution in [3.8, 4) is 0 Å². The molecule has 0 heterocycles. The van der Waals surface area contributed by atoms with Gasteiger partial charge in [0.1, 0.15) is 0 Å². The lowest BCUT2D eigenvalue weighted by Gasteiger charge is -2.14. The Morgan fingerprint density at radius 1 is 1.29 bits per heavy atom. The second kappa shape index (κ2) is 3.44. The zero-order chi connectivity index (χ0) is 11.0. The Labute approximate surface area is 83.8 Å². The molecule has 3 N–H and O–H groups in total. The molecule has 0 unspecified atom stereocenters. The van der Waals surface area contributed by atoms with Gasteiger partial charge in [-0.1, -0.05) is 0 Å². The van der Waals surface area contributed by atoms with E-state index in [0.717, 1.165) is 6.26 Å². The standard InChI is InChI=1S/C6H14N2O4S2/c1-13(9,10)5-14(11,12)8-6(4-7)2-3-6/h8H,2-5,7H2,1H3. The van der Waals surface area contributed by atoms with E-state index in [-0.39, 0.29) is 6.54 Å². The van der Waals surface area contributed by atoms with E-state index in [1.165, 1.54) is 0 Å². The molecule has 1 aliphatic rings. The summed E-state index contributed by atoms with van der Waals surface area (Å²) in [5, 5.41) is -0.873. The van der Waals surface area contributed by atoms with Crippen LogP contribution in [0.3, 0.4) is 0 Å². The van der Waals surface area contributed by atoms with E-state index in [1.54, 1.807) is 0 Å². The monoisotopic (exact) mass is 242 g/mol. The maximum Gasteiger partial charge on any atom is 0.226 e. The van der Waals surface area contributed by atoms with E-state index in [4.69, 9.17) is 5.73 Å². The zero-order valence-electron chi connectivity index (χ0n) is 7.86. The number of hydrogen-bond donors (Lipinski definition) is 2. The topological polar surface area (TPSA) is 106 Å². The molecule has 0 aromatic carbocycles. The van der Waals surface area contributed by atoms with Gasteiger partial charge in [0.25, 0.3) is 0 Å². The van der Waals surface area contributed by atoms with Crippen molar-refractivity contribution in [1.82, 2.24) is 4.72 Å². The average molecular weight is 242 g/mol. The Bertz CT molecular complexity index is 407. The van der Waals surface area contributed by atoms with Crippen LogP contribution in [0.4, 0.5) is 0 Å².